The third-order valence-electron chi connectivity index (χ3n) is 2.38. The largest absolute Gasteiger partial charge is 0.244 e. The first-order valence-corrected chi connectivity index (χ1v) is 5.54. The number of thiazole rings is 1. The van der Waals surface area contributed by atoms with Gasteiger partial charge in [0.25, 0.3) is 0 Å². The van der Waals surface area contributed by atoms with Crippen LogP contribution in [-0.4, -0.2) is 4.98 Å². The van der Waals surface area contributed by atoms with Crippen molar-refractivity contribution < 1.29 is 0 Å². The average Bonchev–Trinajstić information content (AvgIpc) is 2.52. The molecule has 0 atom stereocenters. The highest BCUT2D eigenvalue weighted by Gasteiger charge is 2.07. The molecule has 0 saturated carbocycles. The highest BCUT2D eigenvalue weighted by atomic mass is 32.1. The second-order valence-corrected chi connectivity index (χ2v) is 4.63. The summed E-state index contributed by atoms with van der Waals surface area (Å²) in [5.74, 6) is 0. The predicted octanol–water partition coefficient (Wildman–Crippen LogP) is 3.74. The molecule has 0 fully saturated rings. The van der Waals surface area contributed by atoms with Gasteiger partial charge in [-0.25, -0.2) is 4.98 Å². The molecule has 2 aromatic rings. The Hall–Kier alpha value is -1.15. The first-order valence-electron chi connectivity index (χ1n) is 4.66. The van der Waals surface area contributed by atoms with Crippen LogP contribution >= 0.6 is 11.3 Å². The van der Waals surface area contributed by atoms with Gasteiger partial charge in [-0.1, -0.05) is 23.8 Å². The number of rotatable bonds is 1. The molecule has 0 bridgehead atoms. The Labute approximate surface area is 88.4 Å². The predicted molar refractivity (Wildman–Crippen MR) is 61.8 cm³/mol. The van der Waals surface area contributed by atoms with Gasteiger partial charge < -0.3 is 0 Å². The molecule has 0 aliphatic rings. The van der Waals surface area contributed by atoms with Gasteiger partial charge >= 0.3 is 0 Å². The minimum Gasteiger partial charge on any atom is -0.244 e. The Kier molecular flexibility index (Phi) is 2.38. The summed E-state index contributed by atoms with van der Waals surface area (Å²) < 4.78 is 0. The van der Waals surface area contributed by atoms with Crippen molar-refractivity contribution in [3.63, 3.8) is 0 Å². The molecule has 1 nitrogen and oxygen atoms in total. The third-order valence-corrected chi connectivity index (χ3v) is 3.14. The fraction of sp³-hybridized carbons (Fsp3) is 0.250. The van der Waals surface area contributed by atoms with Gasteiger partial charge in [-0.3, -0.25) is 0 Å². The van der Waals surface area contributed by atoms with E-state index in [1.165, 1.54) is 21.6 Å². The summed E-state index contributed by atoms with van der Waals surface area (Å²) in [5, 5.41) is 0. The van der Waals surface area contributed by atoms with Crippen molar-refractivity contribution in [2.45, 2.75) is 20.8 Å². The lowest BCUT2D eigenvalue weighted by Gasteiger charge is -2.04. The topological polar surface area (TPSA) is 12.9 Å². The summed E-state index contributed by atoms with van der Waals surface area (Å²) in [7, 11) is 0. The molecule has 0 radical (unpaired) electrons. The van der Waals surface area contributed by atoms with Crippen LogP contribution in [0.2, 0.25) is 0 Å². The first-order chi connectivity index (χ1) is 6.68. The fourth-order valence-corrected chi connectivity index (χ4v) is 2.23. The lowest BCUT2D eigenvalue weighted by molar-refractivity contribution is 1.32. The second kappa shape index (κ2) is 3.54. The molecular formula is C12H13NS. The standard InChI is InChI=1S/C12H13NS/c1-8-4-5-11(9(2)6-8)12-10(3)14-7-13-12/h4-7H,1-3H3. The molecule has 0 aliphatic heterocycles. The Morgan fingerprint density at radius 2 is 1.93 bits per heavy atom. The van der Waals surface area contributed by atoms with Crippen molar-refractivity contribution in [1.29, 1.82) is 0 Å². The van der Waals surface area contributed by atoms with Gasteiger partial charge in [-0.05, 0) is 26.3 Å². The van der Waals surface area contributed by atoms with Crippen molar-refractivity contribution in [2.75, 3.05) is 0 Å². The van der Waals surface area contributed by atoms with Gasteiger partial charge in [0.15, 0.2) is 0 Å². The van der Waals surface area contributed by atoms with Gasteiger partial charge in [0.05, 0.1) is 11.2 Å². The zero-order chi connectivity index (χ0) is 10.1. The molecule has 0 unspecified atom stereocenters. The van der Waals surface area contributed by atoms with Crippen LogP contribution in [0.1, 0.15) is 16.0 Å². The van der Waals surface area contributed by atoms with Gasteiger partial charge in [0.1, 0.15) is 0 Å². The average molecular weight is 203 g/mol. The smallest absolute Gasteiger partial charge is 0.0842 e. The van der Waals surface area contributed by atoms with Crippen molar-refractivity contribution in [3.8, 4) is 11.3 Å². The van der Waals surface area contributed by atoms with Crippen molar-refractivity contribution >= 4 is 11.3 Å². The van der Waals surface area contributed by atoms with E-state index in [4.69, 9.17) is 0 Å². The van der Waals surface area contributed by atoms with Crippen molar-refractivity contribution in [1.82, 2.24) is 4.98 Å². The van der Waals surface area contributed by atoms with Crippen molar-refractivity contribution in [3.05, 3.63) is 39.7 Å². The molecule has 1 heterocycles. The van der Waals surface area contributed by atoms with Gasteiger partial charge in [-0.15, -0.1) is 11.3 Å². The third kappa shape index (κ3) is 1.58. The van der Waals surface area contributed by atoms with E-state index < -0.39 is 0 Å². The Morgan fingerprint density at radius 3 is 2.50 bits per heavy atom. The molecule has 0 aliphatic carbocycles. The second-order valence-electron chi connectivity index (χ2n) is 3.58. The summed E-state index contributed by atoms with van der Waals surface area (Å²) >= 11 is 1.70. The maximum absolute atomic E-state index is 4.40. The minimum atomic E-state index is 1.13. The van der Waals surface area contributed by atoms with Gasteiger partial charge in [0, 0.05) is 10.4 Å². The maximum atomic E-state index is 4.40. The van der Waals surface area contributed by atoms with E-state index in [1.54, 1.807) is 11.3 Å². The highest BCUT2D eigenvalue weighted by Crippen LogP contribution is 2.27. The monoisotopic (exact) mass is 203 g/mol. The Bertz CT molecular complexity index is 457. The Morgan fingerprint density at radius 1 is 1.14 bits per heavy atom. The van der Waals surface area contributed by atoms with Crippen LogP contribution in [0.25, 0.3) is 11.3 Å². The van der Waals surface area contributed by atoms with Crippen LogP contribution in [0.3, 0.4) is 0 Å². The van der Waals surface area contributed by atoms with Crippen molar-refractivity contribution in [2.24, 2.45) is 0 Å². The van der Waals surface area contributed by atoms with E-state index in [-0.39, 0.29) is 0 Å². The van der Waals surface area contributed by atoms with E-state index in [0.29, 0.717) is 0 Å². The molecule has 2 rings (SSSR count). The molecule has 0 spiro atoms. The van der Waals surface area contributed by atoms with E-state index in [0.717, 1.165) is 5.69 Å². The van der Waals surface area contributed by atoms with Crippen LogP contribution in [0.15, 0.2) is 23.7 Å². The van der Waals surface area contributed by atoms with Crippen LogP contribution in [-0.2, 0) is 0 Å². The molecule has 0 saturated heterocycles. The Balaban J connectivity index is 2.58. The van der Waals surface area contributed by atoms with Crippen LogP contribution in [0, 0.1) is 20.8 Å². The highest BCUT2D eigenvalue weighted by molar-refractivity contribution is 7.10. The number of benzene rings is 1. The molecule has 1 aromatic carbocycles. The van der Waals surface area contributed by atoms with E-state index in [1.807, 2.05) is 5.51 Å². The first kappa shape index (κ1) is 9.41. The van der Waals surface area contributed by atoms with Crippen LogP contribution in [0.4, 0.5) is 0 Å². The quantitative estimate of drug-likeness (QED) is 0.688. The summed E-state index contributed by atoms with van der Waals surface area (Å²) in [6.07, 6.45) is 0. The number of aromatic nitrogens is 1. The van der Waals surface area contributed by atoms with E-state index >= 15 is 0 Å². The van der Waals surface area contributed by atoms with Gasteiger partial charge in [-0.2, -0.15) is 0 Å². The van der Waals surface area contributed by atoms with Gasteiger partial charge in [0.2, 0.25) is 0 Å². The lowest BCUT2D eigenvalue weighted by Crippen LogP contribution is -1.86. The normalized spacial score (nSPS) is 10.5. The lowest BCUT2D eigenvalue weighted by atomic mass is 10.0. The number of nitrogens with zero attached hydrogens (tertiary/aromatic N) is 1. The summed E-state index contributed by atoms with van der Waals surface area (Å²) in [6, 6.07) is 6.50. The number of hydrogen-bond donors (Lipinski definition) is 0. The molecule has 1 aromatic heterocycles. The molecule has 0 N–H and O–H groups in total. The molecular weight excluding hydrogens is 190 g/mol. The van der Waals surface area contributed by atoms with Crippen LogP contribution in [0.5, 0.6) is 0 Å². The molecule has 0 amide bonds. The summed E-state index contributed by atoms with van der Waals surface area (Å²) in [5.41, 5.74) is 6.91. The SMILES string of the molecule is Cc1ccc(-c2ncsc2C)c(C)c1. The zero-order valence-corrected chi connectivity index (χ0v) is 9.48. The number of hydrogen-bond acceptors (Lipinski definition) is 2. The molecule has 14 heavy (non-hydrogen) atoms. The zero-order valence-electron chi connectivity index (χ0n) is 8.66. The van der Waals surface area contributed by atoms with E-state index in [2.05, 4.69) is 44.0 Å². The van der Waals surface area contributed by atoms with E-state index in [9.17, 15) is 0 Å². The summed E-state index contributed by atoms with van der Waals surface area (Å²) in [6.45, 7) is 6.37. The van der Waals surface area contributed by atoms with Crippen LogP contribution < -0.4 is 0 Å². The molecule has 72 valence electrons. The number of aryl methyl sites for hydroxylation is 3. The minimum absolute atomic E-state index is 1.13. The summed E-state index contributed by atoms with van der Waals surface area (Å²) in [4.78, 5) is 5.68. The molecule has 2 heteroatoms. The fourth-order valence-electron chi connectivity index (χ4n) is 1.64. The maximum Gasteiger partial charge on any atom is 0.0842 e.